The molecule has 1 fully saturated rings. The van der Waals surface area contributed by atoms with E-state index >= 15 is 0 Å². The highest BCUT2D eigenvalue weighted by Gasteiger charge is 2.25. The normalized spacial score (nSPS) is 17.3. The minimum atomic E-state index is 0.215. The van der Waals surface area contributed by atoms with Gasteiger partial charge in [-0.25, -0.2) is 0 Å². The Labute approximate surface area is 104 Å². The van der Waals surface area contributed by atoms with E-state index in [0.29, 0.717) is 36.0 Å². The van der Waals surface area contributed by atoms with E-state index in [0.717, 1.165) is 12.8 Å². The first-order valence-corrected chi connectivity index (χ1v) is 6.07. The second-order valence-corrected chi connectivity index (χ2v) is 4.64. The zero-order valence-corrected chi connectivity index (χ0v) is 10.2. The van der Waals surface area contributed by atoms with Gasteiger partial charge in [-0.1, -0.05) is 5.16 Å². The van der Waals surface area contributed by atoms with Crippen molar-refractivity contribution in [1.82, 2.24) is 19.9 Å². The molecule has 0 atom stereocenters. The summed E-state index contributed by atoms with van der Waals surface area (Å²) in [6.45, 7) is 0. The summed E-state index contributed by atoms with van der Waals surface area (Å²) in [6.07, 6.45) is 4.69. The molecule has 0 radical (unpaired) electrons. The highest BCUT2D eigenvalue weighted by molar-refractivity contribution is 5.79. The number of rotatable bonds is 2. The maximum Gasteiger partial charge on any atom is 0.230 e. The first-order chi connectivity index (χ1) is 8.72. The van der Waals surface area contributed by atoms with Crippen LogP contribution in [0, 0.1) is 0 Å². The number of nitrogens with zero attached hydrogens (tertiary/aromatic N) is 4. The standard InChI is InChI=1S/C12H14N4O2/c1-16-7-6-10(14-16)11-13-12(18-15-11)8-2-4-9(17)5-3-8/h6-8H,2-5H2,1H3. The summed E-state index contributed by atoms with van der Waals surface area (Å²) in [4.78, 5) is 15.6. The van der Waals surface area contributed by atoms with Gasteiger partial charge in [0, 0.05) is 32.0 Å². The first kappa shape index (κ1) is 11.1. The van der Waals surface area contributed by atoms with Crippen molar-refractivity contribution >= 4 is 5.78 Å². The highest BCUT2D eigenvalue weighted by Crippen LogP contribution is 2.30. The average Bonchev–Trinajstić information content (AvgIpc) is 2.98. The van der Waals surface area contributed by atoms with Gasteiger partial charge in [0.2, 0.25) is 11.7 Å². The molecule has 0 unspecified atom stereocenters. The Bertz CT molecular complexity index is 562. The van der Waals surface area contributed by atoms with Crippen molar-refractivity contribution in [3.63, 3.8) is 0 Å². The van der Waals surface area contributed by atoms with Crippen molar-refractivity contribution in [1.29, 1.82) is 0 Å². The van der Waals surface area contributed by atoms with Gasteiger partial charge in [-0.05, 0) is 18.9 Å². The molecule has 6 nitrogen and oxygen atoms in total. The number of carbonyl (C=O) groups excluding carboxylic acids is 1. The van der Waals surface area contributed by atoms with Crippen molar-refractivity contribution in [3.8, 4) is 11.5 Å². The Balaban J connectivity index is 1.79. The second kappa shape index (κ2) is 4.36. The summed E-state index contributed by atoms with van der Waals surface area (Å²) in [6, 6.07) is 1.85. The third-order valence-electron chi connectivity index (χ3n) is 3.28. The van der Waals surface area contributed by atoms with E-state index in [-0.39, 0.29) is 5.92 Å². The molecule has 0 bridgehead atoms. The van der Waals surface area contributed by atoms with Crippen molar-refractivity contribution in [2.45, 2.75) is 31.6 Å². The van der Waals surface area contributed by atoms with Crippen molar-refractivity contribution in [3.05, 3.63) is 18.2 Å². The lowest BCUT2D eigenvalue weighted by Gasteiger charge is -2.16. The molecule has 2 heterocycles. The molecule has 2 aromatic rings. The van der Waals surface area contributed by atoms with Gasteiger partial charge >= 0.3 is 0 Å². The SMILES string of the molecule is Cn1ccc(-c2noc(C3CCC(=O)CC3)n2)n1. The fraction of sp³-hybridized carbons (Fsp3) is 0.500. The monoisotopic (exact) mass is 246 g/mol. The van der Waals surface area contributed by atoms with Crippen LogP contribution in [0.5, 0.6) is 0 Å². The molecular weight excluding hydrogens is 232 g/mol. The van der Waals surface area contributed by atoms with Gasteiger partial charge in [-0.2, -0.15) is 10.1 Å². The summed E-state index contributed by atoms with van der Waals surface area (Å²) in [7, 11) is 1.84. The smallest absolute Gasteiger partial charge is 0.230 e. The number of Topliss-reactive ketones (excluding diaryl/α,β-unsaturated/α-hetero) is 1. The Morgan fingerprint density at radius 3 is 2.83 bits per heavy atom. The molecule has 2 aromatic heterocycles. The molecule has 0 aromatic carbocycles. The van der Waals surface area contributed by atoms with Crippen LogP contribution in [0.4, 0.5) is 0 Å². The number of carbonyl (C=O) groups is 1. The zero-order valence-electron chi connectivity index (χ0n) is 10.2. The lowest BCUT2D eigenvalue weighted by Crippen LogP contribution is -2.12. The van der Waals surface area contributed by atoms with Crippen LogP contribution in [0.15, 0.2) is 16.8 Å². The summed E-state index contributed by atoms with van der Waals surface area (Å²) in [5, 5.41) is 8.18. The topological polar surface area (TPSA) is 73.8 Å². The molecule has 1 aliphatic carbocycles. The minimum absolute atomic E-state index is 0.215. The van der Waals surface area contributed by atoms with Crippen LogP contribution in [0.3, 0.4) is 0 Å². The van der Waals surface area contributed by atoms with Gasteiger partial charge in [0.1, 0.15) is 11.5 Å². The van der Waals surface area contributed by atoms with Crippen molar-refractivity contribution < 1.29 is 9.32 Å². The minimum Gasteiger partial charge on any atom is -0.339 e. The van der Waals surface area contributed by atoms with E-state index in [1.807, 2.05) is 19.3 Å². The fourth-order valence-electron chi connectivity index (χ4n) is 2.23. The van der Waals surface area contributed by atoms with Crippen LogP contribution in [0.1, 0.15) is 37.5 Å². The molecule has 3 rings (SSSR count). The summed E-state index contributed by atoms with van der Waals surface area (Å²) < 4.78 is 6.98. The van der Waals surface area contributed by atoms with E-state index in [1.54, 1.807) is 4.68 Å². The molecule has 0 spiro atoms. The second-order valence-electron chi connectivity index (χ2n) is 4.64. The molecule has 1 saturated carbocycles. The average molecular weight is 246 g/mol. The van der Waals surface area contributed by atoms with E-state index in [9.17, 15) is 4.79 Å². The van der Waals surface area contributed by atoms with Crippen LogP contribution in [-0.2, 0) is 11.8 Å². The lowest BCUT2D eigenvalue weighted by atomic mass is 9.88. The van der Waals surface area contributed by atoms with Gasteiger partial charge < -0.3 is 4.52 Å². The Kier molecular flexibility index (Phi) is 2.70. The molecule has 94 valence electrons. The van der Waals surface area contributed by atoms with Crippen LogP contribution in [0.2, 0.25) is 0 Å². The van der Waals surface area contributed by atoms with Crippen molar-refractivity contribution in [2.75, 3.05) is 0 Å². The van der Waals surface area contributed by atoms with E-state index < -0.39 is 0 Å². The molecular formula is C12H14N4O2. The van der Waals surface area contributed by atoms with Crippen LogP contribution < -0.4 is 0 Å². The third-order valence-corrected chi connectivity index (χ3v) is 3.28. The molecule has 0 N–H and O–H groups in total. The summed E-state index contributed by atoms with van der Waals surface area (Å²) in [5.41, 5.74) is 0.708. The van der Waals surface area contributed by atoms with E-state index in [4.69, 9.17) is 4.52 Å². The quantitative estimate of drug-likeness (QED) is 0.806. The van der Waals surface area contributed by atoms with Crippen LogP contribution >= 0.6 is 0 Å². The molecule has 0 saturated heterocycles. The summed E-state index contributed by atoms with van der Waals surface area (Å²) in [5.74, 6) is 1.69. The Morgan fingerprint density at radius 1 is 1.39 bits per heavy atom. The van der Waals surface area contributed by atoms with Crippen molar-refractivity contribution in [2.24, 2.45) is 7.05 Å². The number of ketones is 1. The zero-order chi connectivity index (χ0) is 12.5. The van der Waals surface area contributed by atoms with Gasteiger partial charge in [0.05, 0.1) is 0 Å². The molecule has 0 aliphatic heterocycles. The number of hydrogen-bond acceptors (Lipinski definition) is 5. The molecule has 0 amide bonds. The third kappa shape index (κ3) is 2.05. The van der Waals surface area contributed by atoms with E-state index in [2.05, 4.69) is 15.2 Å². The maximum absolute atomic E-state index is 11.2. The van der Waals surface area contributed by atoms with Gasteiger partial charge in [-0.15, -0.1) is 0 Å². The predicted molar refractivity (Wildman–Crippen MR) is 62.7 cm³/mol. The maximum atomic E-state index is 11.2. The van der Waals surface area contributed by atoms with Crippen LogP contribution in [-0.4, -0.2) is 25.7 Å². The Morgan fingerprint density at radius 2 is 2.17 bits per heavy atom. The number of hydrogen-bond donors (Lipinski definition) is 0. The largest absolute Gasteiger partial charge is 0.339 e. The van der Waals surface area contributed by atoms with Crippen LogP contribution in [0.25, 0.3) is 11.5 Å². The molecule has 18 heavy (non-hydrogen) atoms. The van der Waals surface area contributed by atoms with Gasteiger partial charge in [0.15, 0.2) is 0 Å². The number of aryl methyl sites for hydroxylation is 1. The van der Waals surface area contributed by atoms with E-state index in [1.165, 1.54) is 0 Å². The molecule has 6 heteroatoms. The first-order valence-electron chi connectivity index (χ1n) is 6.07. The Hall–Kier alpha value is -1.98. The molecule has 1 aliphatic rings. The fourth-order valence-corrected chi connectivity index (χ4v) is 2.23. The highest BCUT2D eigenvalue weighted by atomic mass is 16.5. The lowest BCUT2D eigenvalue weighted by molar-refractivity contribution is -0.120. The predicted octanol–water partition coefficient (Wildman–Crippen LogP) is 1.70. The number of aromatic nitrogens is 4. The summed E-state index contributed by atoms with van der Waals surface area (Å²) >= 11 is 0. The van der Waals surface area contributed by atoms with Gasteiger partial charge in [-0.3, -0.25) is 9.48 Å². The van der Waals surface area contributed by atoms with Gasteiger partial charge in [0.25, 0.3) is 0 Å².